The zero-order valence-electron chi connectivity index (χ0n) is 9.46. The SMILES string of the molecule is CC(C)=C(C)Cc1ccc2c(c1)OCO2. The van der Waals surface area contributed by atoms with Crippen LogP contribution in [0.3, 0.4) is 0 Å². The lowest BCUT2D eigenvalue weighted by atomic mass is 10.0. The highest BCUT2D eigenvalue weighted by atomic mass is 16.7. The second-order valence-corrected chi connectivity index (χ2v) is 4.14. The minimum absolute atomic E-state index is 0.348. The van der Waals surface area contributed by atoms with Gasteiger partial charge in [0.05, 0.1) is 0 Å². The summed E-state index contributed by atoms with van der Waals surface area (Å²) in [5.74, 6) is 1.72. The van der Waals surface area contributed by atoms with Crippen molar-refractivity contribution in [2.75, 3.05) is 6.79 Å². The van der Waals surface area contributed by atoms with E-state index in [1.807, 2.05) is 6.07 Å². The van der Waals surface area contributed by atoms with E-state index in [1.54, 1.807) is 0 Å². The van der Waals surface area contributed by atoms with E-state index in [0.29, 0.717) is 6.79 Å². The Hall–Kier alpha value is -1.44. The van der Waals surface area contributed by atoms with Gasteiger partial charge in [-0.25, -0.2) is 0 Å². The predicted octanol–water partition coefficient (Wildman–Crippen LogP) is 3.31. The molecule has 0 amide bonds. The van der Waals surface area contributed by atoms with Crippen molar-refractivity contribution < 1.29 is 9.47 Å². The summed E-state index contributed by atoms with van der Waals surface area (Å²) in [5, 5.41) is 0. The molecule has 0 bridgehead atoms. The van der Waals surface area contributed by atoms with Crippen LogP contribution in [0.15, 0.2) is 29.3 Å². The average Bonchev–Trinajstić information content (AvgIpc) is 2.64. The quantitative estimate of drug-likeness (QED) is 0.688. The van der Waals surface area contributed by atoms with Gasteiger partial charge in [0.1, 0.15) is 0 Å². The van der Waals surface area contributed by atoms with Gasteiger partial charge in [0, 0.05) is 0 Å². The Labute approximate surface area is 90.5 Å². The zero-order chi connectivity index (χ0) is 10.8. The second-order valence-electron chi connectivity index (χ2n) is 4.14. The first-order valence-electron chi connectivity index (χ1n) is 5.18. The van der Waals surface area contributed by atoms with E-state index < -0.39 is 0 Å². The molecule has 1 aliphatic rings. The fourth-order valence-corrected chi connectivity index (χ4v) is 1.53. The van der Waals surface area contributed by atoms with Gasteiger partial charge < -0.3 is 9.47 Å². The maximum Gasteiger partial charge on any atom is 0.231 e. The number of allylic oxidation sites excluding steroid dienone is 2. The van der Waals surface area contributed by atoms with E-state index in [1.165, 1.54) is 16.7 Å². The third-order valence-electron chi connectivity index (χ3n) is 2.76. The molecule has 2 rings (SSSR count). The molecule has 0 unspecified atom stereocenters. The average molecular weight is 204 g/mol. The van der Waals surface area contributed by atoms with Gasteiger partial charge in [-0.3, -0.25) is 0 Å². The van der Waals surface area contributed by atoms with Crippen molar-refractivity contribution in [3.8, 4) is 11.5 Å². The van der Waals surface area contributed by atoms with Gasteiger partial charge in [-0.05, 0) is 44.9 Å². The molecule has 0 spiro atoms. The topological polar surface area (TPSA) is 18.5 Å². The summed E-state index contributed by atoms with van der Waals surface area (Å²) < 4.78 is 10.6. The summed E-state index contributed by atoms with van der Waals surface area (Å²) in [6.07, 6.45) is 0.985. The highest BCUT2D eigenvalue weighted by Crippen LogP contribution is 2.33. The molecule has 0 saturated heterocycles. The number of rotatable bonds is 2. The first-order valence-corrected chi connectivity index (χ1v) is 5.18. The summed E-state index contributed by atoms with van der Waals surface area (Å²) in [5.41, 5.74) is 4.07. The summed E-state index contributed by atoms with van der Waals surface area (Å²) >= 11 is 0. The van der Waals surface area contributed by atoms with Crippen molar-refractivity contribution in [2.24, 2.45) is 0 Å². The first kappa shape index (κ1) is 10.1. The van der Waals surface area contributed by atoms with Crippen LogP contribution < -0.4 is 9.47 Å². The molecule has 0 aromatic heterocycles. The molecule has 80 valence electrons. The Morgan fingerprint density at radius 3 is 2.60 bits per heavy atom. The van der Waals surface area contributed by atoms with Crippen molar-refractivity contribution in [1.29, 1.82) is 0 Å². The molecule has 0 N–H and O–H groups in total. The van der Waals surface area contributed by atoms with Crippen LogP contribution >= 0.6 is 0 Å². The van der Waals surface area contributed by atoms with Crippen molar-refractivity contribution in [3.05, 3.63) is 34.9 Å². The minimum Gasteiger partial charge on any atom is -0.454 e. The number of hydrogen-bond donors (Lipinski definition) is 0. The van der Waals surface area contributed by atoms with E-state index in [2.05, 4.69) is 32.9 Å². The van der Waals surface area contributed by atoms with Crippen molar-refractivity contribution in [1.82, 2.24) is 0 Å². The summed E-state index contributed by atoms with van der Waals surface area (Å²) in [4.78, 5) is 0. The Bertz CT molecular complexity index is 401. The largest absolute Gasteiger partial charge is 0.454 e. The van der Waals surface area contributed by atoms with Crippen LogP contribution in [0.1, 0.15) is 26.3 Å². The monoisotopic (exact) mass is 204 g/mol. The van der Waals surface area contributed by atoms with Crippen molar-refractivity contribution in [2.45, 2.75) is 27.2 Å². The Morgan fingerprint density at radius 2 is 1.87 bits per heavy atom. The molecule has 2 heteroatoms. The molecule has 1 aliphatic heterocycles. The lowest BCUT2D eigenvalue weighted by Crippen LogP contribution is -1.93. The molecule has 0 atom stereocenters. The van der Waals surface area contributed by atoms with Crippen molar-refractivity contribution in [3.63, 3.8) is 0 Å². The molecule has 15 heavy (non-hydrogen) atoms. The molecule has 0 saturated carbocycles. The lowest BCUT2D eigenvalue weighted by molar-refractivity contribution is 0.174. The van der Waals surface area contributed by atoms with E-state index in [0.717, 1.165) is 17.9 Å². The van der Waals surface area contributed by atoms with Gasteiger partial charge in [-0.15, -0.1) is 0 Å². The first-order chi connectivity index (χ1) is 7.16. The van der Waals surface area contributed by atoms with Crippen LogP contribution in [0.2, 0.25) is 0 Å². The molecule has 0 radical (unpaired) electrons. The smallest absolute Gasteiger partial charge is 0.231 e. The number of ether oxygens (including phenoxy) is 2. The third-order valence-corrected chi connectivity index (χ3v) is 2.76. The summed E-state index contributed by atoms with van der Waals surface area (Å²) in [7, 11) is 0. The summed E-state index contributed by atoms with van der Waals surface area (Å²) in [6.45, 7) is 6.80. The standard InChI is InChI=1S/C13H16O2/c1-9(2)10(3)6-11-4-5-12-13(7-11)15-8-14-12/h4-5,7H,6,8H2,1-3H3. The van der Waals surface area contributed by atoms with Crippen LogP contribution in [0.4, 0.5) is 0 Å². The van der Waals surface area contributed by atoms with Gasteiger partial charge >= 0.3 is 0 Å². The van der Waals surface area contributed by atoms with Crippen LogP contribution in [-0.4, -0.2) is 6.79 Å². The normalized spacial score (nSPS) is 12.7. The molecule has 0 fully saturated rings. The highest BCUT2D eigenvalue weighted by molar-refractivity contribution is 5.45. The number of benzene rings is 1. The fraction of sp³-hybridized carbons (Fsp3) is 0.385. The van der Waals surface area contributed by atoms with Crippen LogP contribution in [0.5, 0.6) is 11.5 Å². The van der Waals surface area contributed by atoms with Gasteiger partial charge in [-0.1, -0.05) is 17.2 Å². The second kappa shape index (κ2) is 3.97. The van der Waals surface area contributed by atoms with Crippen molar-refractivity contribution >= 4 is 0 Å². The number of fused-ring (bicyclic) bond motifs is 1. The van der Waals surface area contributed by atoms with Gasteiger partial charge in [0.25, 0.3) is 0 Å². The predicted molar refractivity (Wildman–Crippen MR) is 60.3 cm³/mol. The Balaban J connectivity index is 2.21. The minimum atomic E-state index is 0.348. The molecular formula is C13H16O2. The Kier molecular flexibility index (Phi) is 2.67. The van der Waals surface area contributed by atoms with Crippen LogP contribution in [-0.2, 0) is 6.42 Å². The fourth-order valence-electron chi connectivity index (χ4n) is 1.53. The van der Waals surface area contributed by atoms with Crippen LogP contribution in [0, 0.1) is 0 Å². The Morgan fingerprint density at radius 1 is 1.13 bits per heavy atom. The molecule has 0 aliphatic carbocycles. The molecule has 1 heterocycles. The molecule has 2 nitrogen and oxygen atoms in total. The molecule has 1 aromatic carbocycles. The summed E-state index contributed by atoms with van der Waals surface area (Å²) in [6, 6.07) is 6.14. The zero-order valence-corrected chi connectivity index (χ0v) is 9.46. The molecule has 1 aromatic rings. The van der Waals surface area contributed by atoms with Gasteiger partial charge in [0.2, 0.25) is 6.79 Å². The maximum absolute atomic E-state index is 5.34. The van der Waals surface area contributed by atoms with Gasteiger partial charge in [0.15, 0.2) is 11.5 Å². The number of hydrogen-bond acceptors (Lipinski definition) is 2. The van der Waals surface area contributed by atoms with E-state index >= 15 is 0 Å². The van der Waals surface area contributed by atoms with E-state index in [9.17, 15) is 0 Å². The van der Waals surface area contributed by atoms with Gasteiger partial charge in [-0.2, -0.15) is 0 Å². The lowest BCUT2D eigenvalue weighted by Gasteiger charge is -2.05. The van der Waals surface area contributed by atoms with E-state index in [-0.39, 0.29) is 0 Å². The third kappa shape index (κ3) is 2.14. The van der Waals surface area contributed by atoms with E-state index in [4.69, 9.17) is 9.47 Å². The molecular weight excluding hydrogens is 188 g/mol. The van der Waals surface area contributed by atoms with Crippen LogP contribution in [0.25, 0.3) is 0 Å². The maximum atomic E-state index is 5.34. The highest BCUT2D eigenvalue weighted by Gasteiger charge is 2.13.